The number of primary amides is 1. The zero-order valence-corrected chi connectivity index (χ0v) is 38.3. The molecule has 2 saturated heterocycles. The SMILES string of the molecule is NC(=O)c1nn(-c2ccc(CNCCOCCOCCN3CCC(Cc4cccc5c4C(=O)N(C4CCC(=O)NC4=O)C5=O)CC3)cc2)cc1NC(=O)c1coc(-c2ccnc(CCC3CC3)c2)n1. The number of oxazole rings is 1. The molecule has 1 unspecified atom stereocenters. The third-order valence-electron chi connectivity index (χ3n) is 13.1. The first kappa shape index (κ1) is 47.1. The second kappa shape index (κ2) is 21.6. The molecule has 3 aromatic heterocycles. The Kier molecular flexibility index (Phi) is 14.7. The molecule has 3 aliphatic heterocycles. The van der Waals surface area contributed by atoms with Gasteiger partial charge in [0, 0.05) is 43.5 Å². The second-order valence-electron chi connectivity index (χ2n) is 18.1. The molecule has 3 fully saturated rings. The maximum Gasteiger partial charge on any atom is 0.277 e. The molecule has 1 saturated carbocycles. The predicted molar refractivity (Wildman–Crippen MR) is 250 cm³/mol. The lowest BCUT2D eigenvalue weighted by Crippen LogP contribution is -2.54. The van der Waals surface area contributed by atoms with Crippen molar-refractivity contribution in [2.24, 2.45) is 17.6 Å². The van der Waals surface area contributed by atoms with Gasteiger partial charge in [-0.05, 0) is 105 Å². The van der Waals surface area contributed by atoms with Crippen LogP contribution < -0.4 is 21.7 Å². The fraction of sp³-hybridized carbons (Fsp3) is 0.420. The lowest BCUT2D eigenvalue weighted by Gasteiger charge is -2.32. The summed E-state index contributed by atoms with van der Waals surface area (Å²) in [6, 6.07) is 15.7. The zero-order chi connectivity index (χ0) is 47.9. The number of aromatic nitrogens is 4. The van der Waals surface area contributed by atoms with Crippen LogP contribution in [0.1, 0.15) is 103 Å². The Morgan fingerprint density at radius 2 is 1.70 bits per heavy atom. The Balaban J connectivity index is 0.641. The van der Waals surface area contributed by atoms with Crippen molar-refractivity contribution in [2.75, 3.05) is 57.9 Å². The summed E-state index contributed by atoms with van der Waals surface area (Å²) in [6.07, 6.45) is 11.9. The van der Waals surface area contributed by atoms with Crippen molar-refractivity contribution in [1.82, 2.24) is 40.2 Å². The van der Waals surface area contributed by atoms with Crippen LogP contribution >= 0.6 is 0 Å². The number of nitrogens with two attached hydrogens (primary N) is 1. The van der Waals surface area contributed by atoms with E-state index in [4.69, 9.17) is 19.6 Å². The average Bonchev–Trinajstić information content (AvgIpc) is 3.75. The van der Waals surface area contributed by atoms with Gasteiger partial charge in [0.05, 0.1) is 55.1 Å². The molecule has 0 spiro atoms. The summed E-state index contributed by atoms with van der Waals surface area (Å²) in [5.74, 6) is -1.86. The minimum absolute atomic E-state index is 0.0400. The monoisotopic (exact) mass is 940 g/mol. The first-order chi connectivity index (χ1) is 33.6. The van der Waals surface area contributed by atoms with E-state index in [0.29, 0.717) is 74.6 Å². The molecule has 0 radical (unpaired) electrons. The van der Waals surface area contributed by atoms with Gasteiger partial charge >= 0.3 is 0 Å². The van der Waals surface area contributed by atoms with E-state index in [1.165, 1.54) is 30.0 Å². The van der Waals surface area contributed by atoms with Gasteiger partial charge in [0.15, 0.2) is 11.4 Å². The van der Waals surface area contributed by atoms with Crippen molar-refractivity contribution in [3.8, 4) is 17.1 Å². The standard InChI is InChI=1S/C50H56N10O9/c51-45(62)44-39(54-46(63)40-30-69-48(55-40)35-14-17-53-36(27-35)9-6-31-4-5-31)29-59(57-44)37-10-7-33(8-11-37)28-52-18-22-67-24-25-68-23-21-58-19-15-32(16-20-58)26-34-2-1-3-38-43(34)50(66)60(49(38)65)41-12-13-42(61)56-47(41)64/h1-3,7-8,10-11,14,17,27,29-32,41,52H,4-6,9,12-13,15-16,18-26,28H2,(H2,51,62)(H,54,63)(H,56,61,64). The molecule has 4 aliphatic rings. The number of anilines is 1. The Morgan fingerprint density at radius 3 is 2.46 bits per heavy atom. The number of carbonyl (C=O) groups excluding carboxylic acids is 6. The number of imide groups is 2. The molecule has 1 aliphatic carbocycles. The van der Waals surface area contributed by atoms with E-state index < -0.39 is 41.5 Å². The van der Waals surface area contributed by atoms with E-state index in [2.05, 4.69) is 35.9 Å². The Hall–Kier alpha value is -6.93. The van der Waals surface area contributed by atoms with Crippen LogP contribution in [-0.4, -0.2) is 124 Å². The molecule has 19 nitrogen and oxygen atoms in total. The number of carbonyl (C=O) groups is 6. The molecule has 5 N–H and O–H groups in total. The van der Waals surface area contributed by atoms with E-state index >= 15 is 0 Å². The first-order valence-electron chi connectivity index (χ1n) is 23.7. The number of piperidine rings is 2. The molecule has 360 valence electrons. The van der Waals surface area contributed by atoms with Gasteiger partial charge in [-0.3, -0.25) is 44.0 Å². The Morgan fingerprint density at radius 1 is 0.899 bits per heavy atom. The quantitative estimate of drug-likeness (QED) is 0.0564. The summed E-state index contributed by atoms with van der Waals surface area (Å²) in [7, 11) is 0. The number of likely N-dealkylation sites (tertiary alicyclic amines) is 1. The number of pyridine rings is 1. The minimum atomic E-state index is -0.975. The Labute approximate surface area is 398 Å². The van der Waals surface area contributed by atoms with Gasteiger partial charge in [-0.25, -0.2) is 9.67 Å². The summed E-state index contributed by atoms with van der Waals surface area (Å²) >= 11 is 0. The van der Waals surface area contributed by atoms with Crippen LogP contribution in [0.15, 0.2) is 77.7 Å². The smallest absolute Gasteiger partial charge is 0.277 e. The molecule has 2 aromatic carbocycles. The summed E-state index contributed by atoms with van der Waals surface area (Å²) in [4.78, 5) is 88.6. The molecule has 6 amide bonds. The van der Waals surface area contributed by atoms with Gasteiger partial charge in [0.1, 0.15) is 12.3 Å². The maximum atomic E-state index is 13.5. The van der Waals surface area contributed by atoms with E-state index in [9.17, 15) is 28.8 Å². The average molecular weight is 941 g/mol. The van der Waals surface area contributed by atoms with Gasteiger partial charge in [0.25, 0.3) is 23.6 Å². The molecule has 5 aromatic rings. The fourth-order valence-corrected chi connectivity index (χ4v) is 9.12. The van der Waals surface area contributed by atoms with E-state index in [1.807, 2.05) is 36.4 Å². The number of nitrogens with zero attached hydrogens (tertiary/aromatic N) is 6. The summed E-state index contributed by atoms with van der Waals surface area (Å²) in [5, 5.41) is 12.7. The highest BCUT2D eigenvalue weighted by Gasteiger charge is 2.45. The first-order valence-corrected chi connectivity index (χ1v) is 23.7. The van der Waals surface area contributed by atoms with Gasteiger partial charge in [-0.15, -0.1) is 0 Å². The number of benzene rings is 2. The summed E-state index contributed by atoms with van der Waals surface area (Å²) < 4.78 is 18.7. The number of fused-ring (bicyclic) bond motifs is 1. The lowest BCUT2D eigenvalue weighted by atomic mass is 9.87. The van der Waals surface area contributed by atoms with Gasteiger partial charge in [-0.1, -0.05) is 37.1 Å². The third-order valence-corrected chi connectivity index (χ3v) is 13.1. The van der Waals surface area contributed by atoms with Crippen LogP contribution in [0, 0.1) is 11.8 Å². The highest BCUT2D eigenvalue weighted by molar-refractivity contribution is 6.24. The van der Waals surface area contributed by atoms with E-state index in [-0.39, 0.29) is 29.9 Å². The third kappa shape index (κ3) is 11.5. The summed E-state index contributed by atoms with van der Waals surface area (Å²) in [5.41, 5.74) is 10.6. The molecule has 69 heavy (non-hydrogen) atoms. The number of aryl methyl sites for hydroxylation is 1. The number of nitrogens with one attached hydrogen (secondary N) is 3. The van der Waals surface area contributed by atoms with Crippen LogP contribution in [0.25, 0.3) is 17.1 Å². The Bertz CT molecular complexity index is 2700. The van der Waals surface area contributed by atoms with Crippen LogP contribution in [0.2, 0.25) is 0 Å². The number of ether oxygens (including phenoxy) is 2. The fourth-order valence-electron chi connectivity index (χ4n) is 9.12. The number of rotatable bonds is 22. The maximum absolute atomic E-state index is 13.5. The van der Waals surface area contributed by atoms with Gasteiger partial charge in [0.2, 0.25) is 17.7 Å². The van der Waals surface area contributed by atoms with Crippen molar-refractivity contribution in [2.45, 2.75) is 70.4 Å². The normalized spacial score (nSPS) is 17.6. The summed E-state index contributed by atoms with van der Waals surface area (Å²) in [6.45, 7) is 5.97. The van der Waals surface area contributed by atoms with E-state index in [0.717, 1.165) is 78.5 Å². The zero-order valence-electron chi connectivity index (χ0n) is 38.3. The molecule has 9 rings (SSSR count). The van der Waals surface area contributed by atoms with Crippen LogP contribution in [0.5, 0.6) is 0 Å². The minimum Gasteiger partial charge on any atom is -0.444 e. The molecular weight excluding hydrogens is 885 g/mol. The van der Waals surface area contributed by atoms with Crippen molar-refractivity contribution < 1.29 is 42.7 Å². The number of amides is 6. The lowest BCUT2D eigenvalue weighted by molar-refractivity contribution is -0.136. The molecule has 6 heterocycles. The van der Waals surface area contributed by atoms with Crippen molar-refractivity contribution in [1.29, 1.82) is 0 Å². The molecular formula is C50H56N10O9. The van der Waals surface area contributed by atoms with Gasteiger partial charge in [-0.2, -0.15) is 5.10 Å². The number of hydrogen-bond donors (Lipinski definition) is 4. The second-order valence-corrected chi connectivity index (χ2v) is 18.1. The largest absolute Gasteiger partial charge is 0.444 e. The topological polar surface area (TPSA) is 246 Å². The molecule has 0 bridgehead atoms. The predicted octanol–water partition coefficient (Wildman–Crippen LogP) is 4.09. The number of hydrogen-bond acceptors (Lipinski definition) is 14. The van der Waals surface area contributed by atoms with Crippen molar-refractivity contribution in [3.05, 3.63) is 113 Å². The van der Waals surface area contributed by atoms with Crippen LogP contribution in [0.4, 0.5) is 5.69 Å². The highest BCUT2D eigenvalue weighted by Crippen LogP contribution is 2.34. The molecule has 19 heteroatoms. The highest BCUT2D eigenvalue weighted by atomic mass is 16.5. The van der Waals surface area contributed by atoms with E-state index in [1.54, 1.807) is 24.4 Å². The molecule has 1 atom stereocenters. The van der Waals surface area contributed by atoms with Crippen LogP contribution in [-0.2, 0) is 38.4 Å². The van der Waals surface area contributed by atoms with Crippen molar-refractivity contribution >= 4 is 41.1 Å². The van der Waals surface area contributed by atoms with Crippen LogP contribution in [0.3, 0.4) is 0 Å². The van der Waals surface area contributed by atoms with Crippen molar-refractivity contribution in [3.63, 3.8) is 0 Å². The van der Waals surface area contributed by atoms with Gasteiger partial charge < -0.3 is 35.2 Å².